The number of ether oxygens (including phenoxy) is 1. The van der Waals surface area contributed by atoms with Crippen LogP contribution in [0.3, 0.4) is 0 Å². The van der Waals surface area contributed by atoms with Crippen LogP contribution in [0.25, 0.3) is 0 Å². The lowest BCUT2D eigenvalue weighted by Gasteiger charge is -2.40. The van der Waals surface area contributed by atoms with Gasteiger partial charge in [-0.15, -0.1) is 0 Å². The van der Waals surface area contributed by atoms with E-state index in [9.17, 15) is 0 Å². The Morgan fingerprint density at radius 3 is 2.12 bits per heavy atom. The highest BCUT2D eigenvalue weighted by atomic mass is 16.5. The van der Waals surface area contributed by atoms with E-state index < -0.39 is 0 Å². The van der Waals surface area contributed by atoms with Gasteiger partial charge in [0.25, 0.3) is 0 Å². The van der Waals surface area contributed by atoms with Gasteiger partial charge in [0.1, 0.15) is 0 Å². The molecule has 2 nitrogen and oxygen atoms in total. The molecule has 0 aromatic rings. The van der Waals surface area contributed by atoms with Crippen LogP contribution in [-0.4, -0.2) is 24.1 Å². The number of likely N-dealkylation sites (tertiary alicyclic amines) is 1. The Balaban J connectivity index is 2.40. The van der Waals surface area contributed by atoms with E-state index in [0.29, 0.717) is 5.41 Å². The molecule has 1 rings (SSSR count). The normalized spacial score (nSPS) is 19.0. The summed E-state index contributed by atoms with van der Waals surface area (Å²) in [5.41, 5.74) is 0.437. The topological polar surface area (TPSA) is 12.5 Å². The Bertz CT molecular complexity index is 232. The summed E-state index contributed by atoms with van der Waals surface area (Å²) in [5.74, 6) is 1.68. The van der Waals surface area contributed by atoms with Crippen molar-refractivity contribution in [1.29, 1.82) is 0 Å². The monoisotopic (exact) mass is 225 g/mol. The third-order valence-corrected chi connectivity index (χ3v) is 3.44. The van der Waals surface area contributed by atoms with Crippen LogP contribution in [0, 0.1) is 11.3 Å². The summed E-state index contributed by atoms with van der Waals surface area (Å²) in [6.45, 7) is 17.3. The minimum absolute atomic E-state index is 0.229. The van der Waals surface area contributed by atoms with Gasteiger partial charge in [0, 0.05) is 13.1 Å². The van der Waals surface area contributed by atoms with E-state index in [1.54, 1.807) is 0 Å². The van der Waals surface area contributed by atoms with Crippen LogP contribution in [0.2, 0.25) is 0 Å². The van der Waals surface area contributed by atoms with Crippen molar-refractivity contribution in [2.75, 3.05) is 13.1 Å². The summed E-state index contributed by atoms with van der Waals surface area (Å²) in [6.07, 6.45) is 2.74. The highest BCUT2D eigenvalue weighted by molar-refractivity contribution is 4.90. The van der Waals surface area contributed by atoms with E-state index in [1.165, 1.54) is 12.8 Å². The van der Waals surface area contributed by atoms with E-state index in [2.05, 4.69) is 32.3 Å². The molecule has 94 valence electrons. The quantitative estimate of drug-likeness (QED) is 0.680. The van der Waals surface area contributed by atoms with E-state index in [1.807, 2.05) is 13.8 Å². The molecule has 0 saturated carbocycles. The van der Waals surface area contributed by atoms with Crippen molar-refractivity contribution in [3.63, 3.8) is 0 Å². The lowest BCUT2D eigenvalue weighted by molar-refractivity contribution is 0.0404. The molecular weight excluding hydrogens is 198 g/mol. The van der Waals surface area contributed by atoms with Gasteiger partial charge in [-0.05, 0) is 44.6 Å². The van der Waals surface area contributed by atoms with Crippen LogP contribution >= 0.6 is 0 Å². The fraction of sp³-hybridized carbons (Fsp3) is 0.857. The molecule has 0 spiro atoms. The summed E-state index contributed by atoms with van der Waals surface area (Å²) < 4.78 is 5.64. The summed E-state index contributed by atoms with van der Waals surface area (Å²) in [6, 6.07) is 0. The number of hydrogen-bond acceptors (Lipinski definition) is 2. The molecule has 1 aliphatic heterocycles. The maximum absolute atomic E-state index is 5.64. The lowest BCUT2D eigenvalue weighted by atomic mass is 9.75. The number of rotatable bonds is 3. The molecule has 0 aromatic carbocycles. The first-order chi connectivity index (χ1) is 7.30. The molecule has 0 unspecified atom stereocenters. The third-order valence-electron chi connectivity index (χ3n) is 3.44. The SMILES string of the molecule is C=C(OC(C)C)N1CCC(C(C)(C)C)CC1. The Morgan fingerprint density at radius 2 is 1.75 bits per heavy atom. The van der Waals surface area contributed by atoms with Crippen LogP contribution in [0.4, 0.5) is 0 Å². The van der Waals surface area contributed by atoms with Gasteiger partial charge in [-0.3, -0.25) is 0 Å². The zero-order chi connectivity index (χ0) is 12.3. The molecule has 0 bridgehead atoms. The average Bonchev–Trinajstić information content (AvgIpc) is 2.15. The molecular formula is C14H27NO. The van der Waals surface area contributed by atoms with Crippen molar-refractivity contribution in [1.82, 2.24) is 4.90 Å². The second-order valence-electron chi connectivity index (χ2n) is 6.19. The number of piperidine rings is 1. The van der Waals surface area contributed by atoms with Crippen LogP contribution in [0.1, 0.15) is 47.5 Å². The largest absolute Gasteiger partial charge is 0.477 e. The van der Waals surface area contributed by atoms with E-state index in [4.69, 9.17) is 4.74 Å². The predicted molar refractivity (Wildman–Crippen MR) is 69.1 cm³/mol. The molecule has 0 radical (unpaired) electrons. The molecule has 1 saturated heterocycles. The molecule has 0 aliphatic carbocycles. The molecule has 1 heterocycles. The molecule has 16 heavy (non-hydrogen) atoms. The molecule has 0 aromatic heterocycles. The molecule has 0 atom stereocenters. The highest BCUT2D eigenvalue weighted by Crippen LogP contribution is 2.35. The first-order valence-corrected chi connectivity index (χ1v) is 6.41. The van der Waals surface area contributed by atoms with Crippen LogP contribution < -0.4 is 0 Å². The number of nitrogens with zero attached hydrogens (tertiary/aromatic N) is 1. The molecule has 0 amide bonds. The fourth-order valence-electron chi connectivity index (χ4n) is 2.34. The predicted octanol–water partition coefficient (Wildman–Crippen LogP) is 3.64. The van der Waals surface area contributed by atoms with Gasteiger partial charge in [-0.25, -0.2) is 0 Å². The van der Waals surface area contributed by atoms with Gasteiger partial charge < -0.3 is 9.64 Å². The smallest absolute Gasteiger partial charge is 0.182 e. The van der Waals surface area contributed by atoms with Crippen molar-refractivity contribution < 1.29 is 4.74 Å². The van der Waals surface area contributed by atoms with Gasteiger partial charge in [0.15, 0.2) is 5.88 Å². The Kier molecular flexibility index (Phi) is 4.28. The van der Waals surface area contributed by atoms with Crippen molar-refractivity contribution in [3.05, 3.63) is 12.5 Å². The highest BCUT2D eigenvalue weighted by Gasteiger charge is 2.29. The average molecular weight is 225 g/mol. The van der Waals surface area contributed by atoms with Gasteiger partial charge in [-0.1, -0.05) is 20.8 Å². The van der Waals surface area contributed by atoms with E-state index in [-0.39, 0.29) is 6.10 Å². The minimum atomic E-state index is 0.229. The van der Waals surface area contributed by atoms with E-state index >= 15 is 0 Å². The van der Waals surface area contributed by atoms with Crippen molar-refractivity contribution >= 4 is 0 Å². The van der Waals surface area contributed by atoms with Gasteiger partial charge in [0.05, 0.1) is 6.10 Å². The Labute approximate surface area is 101 Å². The second kappa shape index (κ2) is 5.11. The molecule has 0 N–H and O–H groups in total. The zero-order valence-electron chi connectivity index (χ0n) is 11.5. The minimum Gasteiger partial charge on any atom is -0.477 e. The van der Waals surface area contributed by atoms with Crippen LogP contribution in [-0.2, 0) is 4.74 Å². The summed E-state index contributed by atoms with van der Waals surface area (Å²) in [7, 11) is 0. The van der Waals surface area contributed by atoms with Gasteiger partial charge in [0.2, 0.25) is 0 Å². The molecule has 1 aliphatic rings. The summed E-state index contributed by atoms with van der Waals surface area (Å²) >= 11 is 0. The molecule has 1 fully saturated rings. The maximum atomic E-state index is 5.64. The standard InChI is InChI=1S/C14H27NO/c1-11(2)16-12(3)15-9-7-13(8-10-15)14(4,5)6/h11,13H,3,7-10H2,1-2,4-6H3. The Hall–Kier alpha value is -0.660. The third kappa shape index (κ3) is 3.73. The zero-order valence-corrected chi connectivity index (χ0v) is 11.5. The number of hydrogen-bond donors (Lipinski definition) is 0. The first-order valence-electron chi connectivity index (χ1n) is 6.41. The summed E-state index contributed by atoms with van der Waals surface area (Å²) in [4.78, 5) is 2.28. The van der Waals surface area contributed by atoms with Crippen molar-refractivity contribution in [2.45, 2.75) is 53.6 Å². The van der Waals surface area contributed by atoms with Crippen LogP contribution in [0.5, 0.6) is 0 Å². The summed E-state index contributed by atoms with van der Waals surface area (Å²) in [5, 5.41) is 0. The first kappa shape index (κ1) is 13.4. The Morgan fingerprint density at radius 1 is 1.25 bits per heavy atom. The lowest BCUT2D eigenvalue weighted by Crippen LogP contribution is -2.38. The maximum Gasteiger partial charge on any atom is 0.182 e. The molecule has 2 heteroatoms. The fourth-order valence-corrected chi connectivity index (χ4v) is 2.34. The van der Waals surface area contributed by atoms with Crippen LogP contribution in [0.15, 0.2) is 12.5 Å². The van der Waals surface area contributed by atoms with E-state index in [0.717, 1.165) is 24.9 Å². The van der Waals surface area contributed by atoms with Crippen molar-refractivity contribution in [2.24, 2.45) is 11.3 Å². The second-order valence-corrected chi connectivity index (χ2v) is 6.19. The van der Waals surface area contributed by atoms with Gasteiger partial charge >= 0.3 is 0 Å². The van der Waals surface area contributed by atoms with Crippen molar-refractivity contribution in [3.8, 4) is 0 Å². The van der Waals surface area contributed by atoms with Gasteiger partial charge in [-0.2, -0.15) is 0 Å².